The van der Waals surface area contributed by atoms with Gasteiger partial charge in [0.1, 0.15) is 11.6 Å². The minimum Gasteiger partial charge on any atom is -0.322 e. The van der Waals surface area contributed by atoms with Gasteiger partial charge in [-0.15, -0.1) is 11.3 Å². The number of nitrogens with zero attached hydrogens (tertiary/aromatic N) is 3. The van der Waals surface area contributed by atoms with Crippen molar-refractivity contribution in [3.05, 3.63) is 121 Å². The molecule has 0 aliphatic heterocycles. The zero-order valence-electron chi connectivity index (χ0n) is 22.6. The number of amides is 2. The molecule has 0 saturated heterocycles. The van der Waals surface area contributed by atoms with Gasteiger partial charge in [0.2, 0.25) is 0 Å². The quantitative estimate of drug-likeness (QED) is 0.0734. The number of hydrogen-bond donors (Lipinski definition) is 2. The van der Waals surface area contributed by atoms with Gasteiger partial charge in [-0.3, -0.25) is 19.7 Å². The van der Waals surface area contributed by atoms with E-state index in [-0.39, 0.29) is 17.2 Å². The molecule has 13 heteroatoms. The third-order valence-electron chi connectivity index (χ3n) is 6.31. The number of nitro groups is 1. The van der Waals surface area contributed by atoms with Crippen LogP contribution in [0.5, 0.6) is 0 Å². The van der Waals surface area contributed by atoms with Crippen molar-refractivity contribution in [2.45, 2.75) is 16.2 Å². The first-order valence-electron chi connectivity index (χ1n) is 12.7. The molecular formula is C31H19Cl2N5O4S2. The smallest absolute Gasteiger partial charge is 0.283 e. The lowest BCUT2D eigenvalue weighted by Crippen LogP contribution is -2.14. The number of anilines is 2. The summed E-state index contributed by atoms with van der Waals surface area (Å²) in [6.07, 6.45) is 1.28. The highest BCUT2D eigenvalue weighted by molar-refractivity contribution is 8.01. The highest BCUT2D eigenvalue weighted by atomic mass is 35.5. The fourth-order valence-corrected chi connectivity index (χ4v) is 6.61. The molecule has 0 radical (unpaired) electrons. The third kappa shape index (κ3) is 6.90. The van der Waals surface area contributed by atoms with E-state index in [4.69, 9.17) is 23.2 Å². The summed E-state index contributed by atoms with van der Waals surface area (Å²) < 4.78 is 1.32. The maximum absolute atomic E-state index is 12.8. The fourth-order valence-electron chi connectivity index (χ4n) is 4.06. The molecule has 2 N–H and O–H groups in total. The van der Waals surface area contributed by atoms with E-state index in [9.17, 15) is 25.0 Å². The lowest BCUT2D eigenvalue weighted by Gasteiger charge is -2.09. The summed E-state index contributed by atoms with van der Waals surface area (Å²) in [5.74, 6) is -1.02. The van der Waals surface area contributed by atoms with E-state index in [1.165, 1.54) is 23.5 Å². The number of nitrogens with one attached hydrogen (secondary N) is 2. The minimum absolute atomic E-state index is 0.209. The van der Waals surface area contributed by atoms with Gasteiger partial charge in [-0.2, -0.15) is 5.26 Å². The number of nitro benzene ring substituents is 1. The summed E-state index contributed by atoms with van der Waals surface area (Å²) in [6, 6.07) is 23.3. The zero-order valence-corrected chi connectivity index (χ0v) is 25.8. The monoisotopic (exact) mass is 659 g/mol. The standard InChI is InChI=1S/C31H19Cl2N5O4S2/c1-17-22(32)7-4-8-24(17)36-29(39)19(16-34)13-18-9-12-27(26(14-18)38(41)42)43-31-37-25-11-10-20(15-28(25)44-31)35-30(40)21-5-2-3-6-23(21)33/h2-15H,1H3,(H,35,40)(H,36,39)/b19-13+. The van der Waals surface area contributed by atoms with E-state index in [1.807, 2.05) is 6.07 Å². The highest BCUT2D eigenvalue weighted by Crippen LogP contribution is 2.40. The van der Waals surface area contributed by atoms with Crippen molar-refractivity contribution < 1.29 is 14.5 Å². The van der Waals surface area contributed by atoms with Crippen LogP contribution in [0.1, 0.15) is 21.5 Å². The van der Waals surface area contributed by atoms with Crippen LogP contribution >= 0.6 is 46.3 Å². The largest absolute Gasteiger partial charge is 0.322 e. The van der Waals surface area contributed by atoms with Gasteiger partial charge in [0.15, 0.2) is 4.34 Å². The normalized spacial score (nSPS) is 11.2. The number of halogens is 2. The number of hydrogen-bond acceptors (Lipinski definition) is 8. The lowest BCUT2D eigenvalue weighted by molar-refractivity contribution is -0.387. The number of fused-ring (bicyclic) bond motifs is 1. The molecule has 1 aromatic heterocycles. The maximum Gasteiger partial charge on any atom is 0.283 e. The predicted molar refractivity (Wildman–Crippen MR) is 175 cm³/mol. The summed E-state index contributed by atoms with van der Waals surface area (Å²) in [6.45, 7) is 1.73. The number of carbonyl (C=O) groups excluding carboxylic acids is 2. The Balaban J connectivity index is 1.35. The van der Waals surface area contributed by atoms with E-state index in [2.05, 4.69) is 15.6 Å². The van der Waals surface area contributed by atoms with Gasteiger partial charge in [0.05, 0.1) is 30.6 Å². The number of benzene rings is 4. The van der Waals surface area contributed by atoms with Gasteiger partial charge >= 0.3 is 0 Å². The number of rotatable bonds is 8. The lowest BCUT2D eigenvalue weighted by atomic mass is 10.1. The van der Waals surface area contributed by atoms with Gasteiger partial charge in [-0.05, 0) is 72.7 Å². The third-order valence-corrected chi connectivity index (χ3v) is 9.20. The summed E-state index contributed by atoms with van der Waals surface area (Å²) in [7, 11) is 0. The maximum atomic E-state index is 12.8. The van der Waals surface area contributed by atoms with Crippen molar-refractivity contribution >= 4 is 91.5 Å². The topological polar surface area (TPSA) is 138 Å². The van der Waals surface area contributed by atoms with Crippen LogP contribution in [0, 0.1) is 28.4 Å². The number of carbonyl (C=O) groups is 2. The molecule has 9 nitrogen and oxygen atoms in total. The van der Waals surface area contributed by atoms with E-state index >= 15 is 0 Å². The van der Waals surface area contributed by atoms with Crippen molar-refractivity contribution in [1.82, 2.24) is 4.98 Å². The average molecular weight is 661 g/mol. The van der Waals surface area contributed by atoms with Gasteiger partial charge in [-0.1, -0.05) is 59.2 Å². The Morgan fingerprint density at radius 3 is 2.55 bits per heavy atom. The Hall–Kier alpha value is -4.73. The molecular weight excluding hydrogens is 641 g/mol. The fraction of sp³-hybridized carbons (Fsp3) is 0.0323. The Labute approximate surface area is 269 Å². The molecule has 0 bridgehead atoms. The van der Waals surface area contributed by atoms with E-state index in [0.717, 1.165) is 16.5 Å². The molecule has 1 heterocycles. The molecule has 218 valence electrons. The van der Waals surface area contributed by atoms with Gasteiger partial charge in [-0.25, -0.2) is 4.98 Å². The molecule has 5 aromatic rings. The molecule has 2 amide bonds. The molecule has 0 atom stereocenters. The Bertz CT molecular complexity index is 2040. The Morgan fingerprint density at radius 2 is 1.80 bits per heavy atom. The van der Waals surface area contributed by atoms with Gasteiger partial charge in [0, 0.05) is 22.5 Å². The van der Waals surface area contributed by atoms with Crippen LogP contribution in [0.2, 0.25) is 10.0 Å². The first-order valence-corrected chi connectivity index (χ1v) is 15.1. The van der Waals surface area contributed by atoms with Crippen molar-refractivity contribution in [3.63, 3.8) is 0 Å². The SMILES string of the molecule is Cc1c(Cl)cccc1NC(=O)/C(C#N)=C/c1ccc(Sc2nc3ccc(NC(=O)c4ccccc4Cl)cc3s2)c([N+](=O)[O-])c1. The molecule has 5 rings (SSSR count). The summed E-state index contributed by atoms with van der Waals surface area (Å²) >= 11 is 14.7. The van der Waals surface area contributed by atoms with Crippen LogP contribution in [-0.2, 0) is 4.79 Å². The van der Waals surface area contributed by atoms with Crippen LogP contribution in [0.4, 0.5) is 17.1 Å². The van der Waals surface area contributed by atoms with Gasteiger partial charge in [0.25, 0.3) is 17.5 Å². The second kappa shape index (κ2) is 13.3. The Kier molecular flexibility index (Phi) is 9.27. The van der Waals surface area contributed by atoms with Crippen LogP contribution in [-0.4, -0.2) is 21.7 Å². The first-order chi connectivity index (χ1) is 21.1. The number of nitriles is 1. The first kappa shape index (κ1) is 30.7. The molecule has 0 unspecified atom stereocenters. The van der Waals surface area contributed by atoms with E-state index in [1.54, 1.807) is 79.7 Å². The summed E-state index contributed by atoms with van der Waals surface area (Å²) in [5.41, 5.74) is 2.51. The number of thiazole rings is 1. The van der Waals surface area contributed by atoms with Crippen molar-refractivity contribution in [2.24, 2.45) is 0 Å². The van der Waals surface area contributed by atoms with Crippen LogP contribution in [0.3, 0.4) is 0 Å². The summed E-state index contributed by atoms with van der Waals surface area (Å²) in [4.78, 5) is 41.8. The molecule has 0 saturated carbocycles. The van der Waals surface area contributed by atoms with Crippen LogP contribution < -0.4 is 10.6 Å². The molecule has 4 aromatic carbocycles. The molecule has 44 heavy (non-hydrogen) atoms. The van der Waals surface area contributed by atoms with Crippen LogP contribution in [0.15, 0.2) is 93.7 Å². The van der Waals surface area contributed by atoms with E-state index in [0.29, 0.717) is 52.9 Å². The second-order valence-corrected chi connectivity index (χ2v) is 12.4. The highest BCUT2D eigenvalue weighted by Gasteiger charge is 2.19. The average Bonchev–Trinajstić information content (AvgIpc) is 3.40. The zero-order chi connectivity index (χ0) is 31.4. The minimum atomic E-state index is -0.670. The van der Waals surface area contributed by atoms with Crippen molar-refractivity contribution in [3.8, 4) is 6.07 Å². The van der Waals surface area contributed by atoms with Crippen molar-refractivity contribution in [2.75, 3.05) is 10.6 Å². The van der Waals surface area contributed by atoms with E-state index < -0.39 is 10.8 Å². The molecule has 0 aliphatic rings. The molecule has 0 spiro atoms. The van der Waals surface area contributed by atoms with Gasteiger partial charge < -0.3 is 10.6 Å². The van der Waals surface area contributed by atoms with Crippen LogP contribution in [0.25, 0.3) is 16.3 Å². The Morgan fingerprint density at radius 1 is 1.02 bits per heavy atom. The predicted octanol–water partition coefficient (Wildman–Crippen LogP) is 8.77. The second-order valence-electron chi connectivity index (χ2n) is 9.22. The summed E-state index contributed by atoms with van der Waals surface area (Å²) in [5, 5.41) is 27.9. The molecule has 0 fully saturated rings. The number of aromatic nitrogens is 1. The molecule has 0 aliphatic carbocycles. The van der Waals surface area contributed by atoms with Crippen molar-refractivity contribution in [1.29, 1.82) is 5.26 Å².